The molecule has 0 aliphatic carbocycles. The standard InChI is InChI=1S/C14H17N3O3/c1-9(7-12(15)18)16-11-8-13(19)17(14(11)20)10-5-3-2-4-6-10/h2-6,9,11,16H,7-8H2,1H3,(H2,15,18). The van der Waals surface area contributed by atoms with Crippen molar-refractivity contribution in [1.29, 1.82) is 0 Å². The van der Waals surface area contributed by atoms with Crippen molar-refractivity contribution in [2.45, 2.75) is 31.8 Å². The molecule has 2 rings (SSSR count). The number of nitrogens with two attached hydrogens (primary N) is 1. The van der Waals surface area contributed by atoms with Gasteiger partial charge in [-0.3, -0.25) is 14.4 Å². The van der Waals surface area contributed by atoms with Crippen LogP contribution in [-0.4, -0.2) is 29.8 Å². The molecule has 0 saturated carbocycles. The van der Waals surface area contributed by atoms with Crippen molar-refractivity contribution in [1.82, 2.24) is 5.32 Å². The summed E-state index contributed by atoms with van der Waals surface area (Å²) in [6, 6.07) is 7.94. The SMILES string of the molecule is CC(CC(N)=O)NC1CC(=O)N(c2ccccc2)C1=O. The molecule has 1 aliphatic rings. The Morgan fingerprint density at radius 1 is 1.40 bits per heavy atom. The number of para-hydroxylation sites is 1. The fourth-order valence-corrected chi connectivity index (χ4v) is 2.31. The second kappa shape index (κ2) is 5.83. The van der Waals surface area contributed by atoms with Crippen LogP contribution < -0.4 is 16.0 Å². The molecule has 20 heavy (non-hydrogen) atoms. The van der Waals surface area contributed by atoms with Crippen molar-refractivity contribution in [3.8, 4) is 0 Å². The summed E-state index contributed by atoms with van der Waals surface area (Å²) >= 11 is 0. The first-order valence-corrected chi connectivity index (χ1v) is 6.45. The number of nitrogens with one attached hydrogen (secondary N) is 1. The number of nitrogens with zero attached hydrogens (tertiary/aromatic N) is 1. The van der Waals surface area contributed by atoms with Crippen LogP contribution in [0.2, 0.25) is 0 Å². The molecule has 0 aromatic heterocycles. The van der Waals surface area contributed by atoms with Crippen LogP contribution in [0.15, 0.2) is 30.3 Å². The van der Waals surface area contributed by atoms with E-state index in [0.29, 0.717) is 5.69 Å². The van der Waals surface area contributed by atoms with Crippen LogP contribution >= 0.6 is 0 Å². The lowest BCUT2D eigenvalue weighted by molar-refractivity contribution is -0.122. The van der Waals surface area contributed by atoms with E-state index in [-0.39, 0.29) is 30.7 Å². The van der Waals surface area contributed by atoms with E-state index in [0.717, 1.165) is 0 Å². The molecule has 1 aromatic rings. The van der Waals surface area contributed by atoms with Crippen LogP contribution in [0.5, 0.6) is 0 Å². The van der Waals surface area contributed by atoms with Crippen LogP contribution in [0.4, 0.5) is 5.69 Å². The van der Waals surface area contributed by atoms with Crippen LogP contribution in [0.3, 0.4) is 0 Å². The zero-order valence-electron chi connectivity index (χ0n) is 11.2. The fourth-order valence-electron chi connectivity index (χ4n) is 2.31. The smallest absolute Gasteiger partial charge is 0.251 e. The summed E-state index contributed by atoms with van der Waals surface area (Å²) in [7, 11) is 0. The fraction of sp³-hybridized carbons (Fsp3) is 0.357. The molecule has 0 bridgehead atoms. The maximum absolute atomic E-state index is 12.3. The van der Waals surface area contributed by atoms with Gasteiger partial charge in [-0.2, -0.15) is 0 Å². The minimum Gasteiger partial charge on any atom is -0.370 e. The average Bonchev–Trinajstić information content (AvgIpc) is 2.64. The molecule has 0 spiro atoms. The highest BCUT2D eigenvalue weighted by molar-refractivity contribution is 6.22. The topological polar surface area (TPSA) is 92.5 Å². The van der Waals surface area contributed by atoms with Gasteiger partial charge in [0.25, 0.3) is 5.91 Å². The predicted octanol–water partition coefficient (Wildman–Crippen LogP) is 0.172. The molecule has 3 amide bonds. The summed E-state index contributed by atoms with van der Waals surface area (Å²) in [5.74, 6) is -0.982. The number of primary amides is 1. The lowest BCUT2D eigenvalue weighted by Crippen LogP contribution is -2.44. The summed E-state index contributed by atoms with van der Waals surface area (Å²) < 4.78 is 0. The molecule has 2 unspecified atom stereocenters. The number of amides is 3. The van der Waals surface area contributed by atoms with Crippen molar-refractivity contribution in [3.05, 3.63) is 30.3 Å². The molecular formula is C14H17N3O3. The first kappa shape index (κ1) is 14.2. The Bertz CT molecular complexity index is 530. The lowest BCUT2D eigenvalue weighted by Gasteiger charge is -2.18. The highest BCUT2D eigenvalue weighted by atomic mass is 16.2. The predicted molar refractivity (Wildman–Crippen MR) is 73.7 cm³/mol. The third kappa shape index (κ3) is 3.03. The zero-order chi connectivity index (χ0) is 14.7. The third-order valence-electron chi connectivity index (χ3n) is 3.15. The van der Waals surface area contributed by atoms with Crippen LogP contribution in [-0.2, 0) is 14.4 Å². The van der Waals surface area contributed by atoms with E-state index >= 15 is 0 Å². The van der Waals surface area contributed by atoms with Gasteiger partial charge in [0.1, 0.15) is 0 Å². The van der Waals surface area contributed by atoms with Crippen molar-refractivity contribution >= 4 is 23.4 Å². The molecule has 1 aromatic carbocycles. The average molecular weight is 275 g/mol. The summed E-state index contributed by atoms with van der Waals surface area (Å²) in [6.45, 7) is 1.76. The highest BCUT2D eigenvalue weighted by Gasteiger charge is 2.39. The Morgan fingerprint density at radius 3 is 2.65 bits per heavy atom. The number of rotatable bonds is 5. The summed E-state index contributed by atoms with van der Waals surface area (Å²) in [6.07, 6.45) is 0.222. The minimum atomic E-state index is -0.600. The molecule has 2 atom stereocenters. The van der Waals surface area contributed by atoms with Gasteiger partial charge in [-0.1, -0.05) is 18.2 Å². The molecule has 6 heteroatoms. The monoisotopic (exact) mass is 275 g/mol. The second-order valence-electron chi connectivity index (χ2n) is 4.90. The summed E-state index contributed by atoms with van der Waals surface area (Å²) in [5, 5.41) is 2.98. The Kier molecular flexibility index (Phi) is 4.14. The quantitative estimate of drug-likeness (QED) is 0.749. The highest BCUT2D eigenvalue weighted by Crippen LogP contribution is 2.22. The number of hydrogen-bond acceptors (Lipinski definition) is 4. The number of carbonyl (C=O) groups is 3. The summed E-state index contributed by atoms with van der Waals surface area (Å²) in [5.41, 5.74) is 5.67. The van der Waals surface area contributed by atoms with Crippen molar-refractivity contribution in [3.63, 3.8) is 0 Å². The van der Waals surface area contributed by atoms with Gasteiger partial charge in [0.2, 0.25) is 11.8 Å². The van der Waals surface area contributed by atoms with Crippen LogP contribution in [0, 0.1) is 0 Å². The van der Waals surface area contributed by atoms with Gasteiger partial charge in [-0.05, 0) is 19.1 Å². The first-order valence-electron chi connectivity index (χ1n) is 6.45. The number of anilines is 1. The van der Waals surface area contributed by atoms with E-state index < -0.39 is 11.9 Å². The molecule has 3 N–H and O–H groups in total. The molecule has 1 aliphatic heterocycles. The molecule has 1 fully saturated rings. The van der Waals surface area contributed by atoms with Crippen molar-refractivity contribution in [2.75, 3.05) is 4.90 Å². The van der Waals surface area contributed by atoms with Gasteiger partial charge in [0.15, 0.2) is 0 Å². The van der Waals surface area contributed by atoms with E-state index in [2.05, 4.69) is 5.32 Å². The summed E-state index contributed by atoms with van der Waals surface area (Å²) in [4.78, 5) is 36.2. The van der Waals surface area contributed by atoms with Crippen LogP contribution in [0.1, 0.15) is 19.8 Å². The van der Waals surface area contributed by atoms with E-state index in [9.17, 15) is 14.4 Å². The minimum absolute atomic E-state index is 0.0941. The van der Waals surface area contributed by atoms with E-state index in [4.69, 9.17) is 5.73 Å². The number of carbonyl (C=O) groups excluding carboxylic acids is 3. The van der Waals surface area contributed by atoms with Crippen molar-refractivity contribution < 1.29 is 14.4 Å². The van der Waals surface area contributed by atoms with Gasteiger partial charge in [0.05, 0.1) is 18.2 Å². The normalized spacial score (nSPS) is 20.2. The third-order valence-corrected chi connectivity index (χ3v) is 3.15. The number of imide groups is 1. The maximum atomic E-state index is 12.3. The second-order valence-corrected chi connectivity index (χ2v) is 4.90. The lowest BCUT2D eigenvalue weighted by atomic mass is 10.1. The van der Waals surface area contributed by atoms with E-state index in [1.165, 1.54) is 4.90 Å². The Morgan fingerprint density at radius 2 is 2.05 bits per heavy atom. The Labute approximate surface area is 116 Å². The molecule has 0 radical (unpaired) electrons. The Balaban J connectivity index is 2.07. The van der Waals surface area contributed by atoms with Gasteiger partial charge < -0.3 is 11.1 Å². The molecule has 1 heterocycles. The Hall–Kier alpha value is -2.21. The first-order chi connectivity index (χ1) is 9.49. The number of hydrogen-bond donors (Lipinski definition) is 2. The van der Waals surface area contributed by atoms with Gasteiger partial charge in [-0.15, -0.1) is 0 Å². The molecule has 6 nitrogen and oxygen atoms in total. The number of benzene rings is 1. The van der Waals surface area contributed by atoms with Crippen LogP contribution in [0.25, 0.3) is 0 Å². The molecular weight excluding hydrogens is 258 g/mol. The molecule has 106 valence electrons. The zero-order valence-corrected chi connectivity index (χ0v) is 11.2. The maximum Gasteiger partial charge on any atom is 0.251 e. The van der Waals surface area contributed by atoms with Gasteiger partial charge in [-0.25, -0.2) is 4.90 Å². The van der Waals surface area contributed by atoms with E-state index in [1.807, 2.05) is 6.07 Å². The molecule has 1 saturated heterocycles. The van der Waals surface area contributed by atoms with Crippen molar-refractivity contribution in [2.24, 2.45) is 5.73 Å². The largest absolute Gasteiger partial charge is 0.370 e. The van der Waals surface area contributed by atoms with Gasteiger partial charge in [0, 0.05) is 12.5 Å². The van der Waals surface area contributed by atoms with E-state index in [1.54, 1.807) is 31.2 Å². The van der Waals surface area contributed by atoms with Gasteiger partial charge >= 0.3 is 0 Å².